The average molecular weight is 179 g/mol. The van der Waals surface area contributed by atoms with Crippen LogP contribution in [0.3, 0.4) is 0 Å². The second-order valence-electron chi connectivity index (χ2n) is 2.52. The molecule has 0 radical (unpaired) electrons. The molecule has 1 fully saturated rings. The lowest BCUT2D eigenvalue weighted by atomic mass is 10.5. The third-order valence-electron chi connectivity index (χ3n) is 1.46. The van der Waals surface area contributed by atoms with Gasteiger partial charge in [0, 0.05) is 6.54 Å². The van der Waals surface area contributed by atoms with Crippen molar-refractivity contribution in [2.24, 2.45) is 0 Å². The van der Waals surface area contributed by atoms with Crippen molar-refractivity contribution >= 4 is 15.8 Å². The van der Waals surface area contributed by atoms with Crippen molar-refractivity contribution in [3.8, 4) is 0 Å². The molecule has 5 nitrogen and oxygen atoms in total. The third-order valence-corrected chi connectivity index (χ3v) is 3.02. The van der Waals surface area contributed by atoms with E-state index in [9.17, 15) is 13.2 Å². The van der Waals surface area contributed by atoms with Gasteiger partial charge in [0.15, 0.2) is 9.84 Å². The Labute approximate surface area is 64.5 Å². The van der Waals surface area contributed by atoms with E-state index in [0.717, 1.165) is 0 Å². The molecule has 0 unspecified atom stereocenters. The first-order valence-corrected chi connectivity index (χ1v) is 4.96. The molecule has 0 aromatic carbocycles. The molecule has 1 N–H and O–H groups in total. The molecule has 11 heavy (non-hydrogen) atoms. The van der Waals surface area contributed by atoms with Gasteiger partial charge in [0.05, 0.1) is 12.3 Å². The lowest BCUT2D eigenvalue weighted by Gasteiger charge is -2.07. The Balaban J connectivity index is 2.49. The van der Waals surface area contributed by atoms with Gasteiger partial charge in [-0.05, 0) is 0 Å². The highest BCUT2D eigenvalue weighted by molar-refractivity contribution is 7.91. The number of carboxylic acids is 1. The van der Waals surface area contributed by atoms with Crippen LogP contribution in [-0.2, 0) is 14.6 Å². The summed E-state index contributed by atoms with van der Waals surface area (Å²) in [4.78, 5) is 11.5. The van der Waals surface area contributed by atoms with E-state index in [1.54, 1.807) is 0 Å². The second kappa shape index (κ2) is 2.78. The van der Waals surface area contributed by atoms with Crippen LogP contribution in [0.2, 0.25) is 0 Å². The Morgan fingerprint density at radius 2 is 2.18 bits per heavy atom. The van der Waals surface area contributed by atoms with Crippen LogP contribution in [-0.4, -0.2) is 49.1 Å². The molecule has 64 valence electrons. The minimum atomic E-state index is -2.98. The van der Waals surface area contributed by atoms with Crippen molar-refractivity contribution in [2.45, 2.75) is 0 Å². The van der Waals surface area contributed by atoms with Gasteiger partial charge in [-0.25, -0.2) is 8.42 Å². The van der Waals surface area contributed by atoms with Gasteiger partial charge >= 0.3 is 5.97 Å². The molecule has 1 aliphatic rings. The van der Waals surface area contributed by atoms with Crippen LogP contribution in [0.5, 0.6) is 0 Å². The van der Waals surface area contributed by atoms with Crippen LogP contribution in [0.1, 0.15) is 0 Å². The highest BCUT2D eigenvalue weighted by Gasteiger charge is 2.26. The molecule has 6 heteroatoms. The lowest BCUT2D eigenvalue weighted by molar-refractivity contribution is -0.137. The largest absolute Gasteiger partial charge is 0.480 e. The number of nitrogens with zero attached hydrogens (tertiary/aromatic N) is 1. The minimum absolute atomic E-state index is 0.0836. The van der Waals surface area contributed by atoms with Crippen LogP contribution < -0.4 is 0 Å². The fourth-order valence-corrected chi connectivity index (χ4v) is 2.43. The number of carbonyl (C=O) groups is 1. The summed E-state index contributed by atoms with van der Waals surface area (Å²) in [5.74, 6) is -1.01. The van der Waals surface area contributed by atoms with Crippen molar-refractivity contribution in [1.82, 2.24) is 4.90 Å². The summed E-state index contributed by atoms with van der Waals surface area (Å²) < 4.78 is 21.6. The SMILES string of the molecule is O=C(O)CN1CCS(=O)(=O)C1. The number of hydrogen-bond donors (Lipinski definition) is 1. The van der Waals surface area contributed by atoms with Crippen LogP contribution >= 0.6 is 0 Å². The number of aliphatic carboxylic acids is 1. The van der Waals surface area contributed by atoms with E-state index < -0.39 is 15.8 Å². The molecule has 0 atom stereocenters. The van der Waals surface area contributed by atoms with E-state index in [-0.39, 0.29) is 18.2 Å². The second-order valence-corrected chi connectivity index (χ2v) is 4.68. The van der Waals surface area contributed by atoms with Crippen molar-refractivity contribution in [3.63, 3.8) is 0 Å². The van der Waals surface area contributed by atoms with Gasteiger partial charge in [-0.2, -0.15) is 0 Å². The zero-order chi connectivity index (χ0) is 8.48. The smallest absolute Gasteiger partial charge is 0.317 e. The number of rotatable bonds is 2. The van der Waals surface area contributed by atoms with E-state index in [4.69, 9.17) is 5.11 Å². The van der Waals surface area contributed by atoms with Gasteiger partial charge in [0.1, 0.15) is 5.88 Å². The summed E-state index contributed by atoms with van der Waals surface area (Å²) in [6.45, 7) is 0.161. The van der Waals surface area contributed by atoms with E-state index >= 15 is 0 Å². The predicted molar refractivity (Wildman–Crippen MR) is 37.9 cm³/mol. The average Bonchev–Trinajstić information content (AvgIpc) is 2.08. The molecular weight excluding hydrogens is 170 g/mol. The van der Waals surface area contributed by atoms with Gasteiger partial charge in [-0.15, -0.1) is 0 Å². The first kappa shape index (κ1) is 8.48. The van der Waals surface area contributed by atoms with Gasteiger partial charge in [-0.1, -0.05) is 0 Å². The standard InChI is InChI=1S/C5H9NO4S/c7-5(8)3-6-1-2-11(9,10)4-6/h1-4H2,(H,7,8). The Morgan fingerprint density at radius 3 is 2.55 bits per heavy atom. The van der Waals surface area contributed by atoms with Crippen LogP contribution in [0.15, 0.2) is 0 Å². The molecular formula is C5H9NO4S. The summed E-state index contributed by atoms with van der Waals surface area (Å²) in [6, 6.07) is 0. The molecule has 0 saturated carbocycles. The summed E-state index contributed by atoms with van der Waals surface area (Å²) in [5.41, 5.74) is 0. The van der Waals surface area contributed by atoms with Crippen molar-refractivity contribution < 1.29 is 18.3 Å². The van der Waals surface area contributed by atoms with Gasteiger partial charge in [0.25, 0.3) is 0 Å². The maximum Gasteiger partial charge on any atom is 0.317 e. The first-order chi connectivity index (χ1) is 4.99. The first-order valence-electron chi connectivity index (χ1n) is 3.14. The molecule has 1 rings (SSSR count). The topological polar surface area (TPSA) is 74.7 Å². The van der Waals surface area contributed by atoms with E-state index in [1.807, 2.05) is 0 Å². The Hall–Kier alpha value is -0.620. The highest BCUT2D eigenvalue weighted by atomic mass is 32.2. The molecule has 1 saturated heterocycles. The maximum atomic E-state index is 10.8. The molecule has 1 heterocycles. The molecule has 0 aromatic rings. The minimum Gasteiger partial charge on any atom is -0.480 e. The molecule has 0 aromatic heterocycles. The van der Waals surface area contributed by atoms with Gasteiger partial charge in [0.2, 0.25) is 0 Å². The summed E-state index contributed by atoms with van der Waals surface area (Å²) >= 11 is 0. The zero-order valence-electron chi connectivity index (χ0n) is 5.86. The molecule has 1 aliphatic heterocycles. The molecule has 0 spiro atoms. The molecule has 0 bridgehead atoms. The quantitative estimate of drug-likeness (QED) is 0.574. The van der Waals surface area contributed by atoms with E-state index in [0.29, 0.717) is 6.54 Å². The molecule has 0 aliphatic carbocycles. The molecule has 0 amide bonds. The monoisotopic (exact) mass is 179 g/mol. The van der Waals surface area contributed by atoms with Crippen molar-refractivity contribution in [3.05, 3.63) is 0 Å². The number of hydrogen-bond acceptors (Lipinski definition) is 4. The predicted octanol–water partition coefficient (Wildman–Crippen LogP) is -1.24. The summed E-state index contributed by atoms with van der Waals surface area (Å²) in [7, 11) is -2.98. The summed E-state index contributed by atoms with van der Waals surface area (Å²) in [5, 5.41) is 8.31. The van der Waals surface area contributed by atoms with Crippen LogP contribution in [0.25, 0.3) is 0 Å². The Kier molecular flexibility index (Phi) is 2.15. The highest BCUT2D eigenvalue weighted by Crippen LogP contribution is 2.05. The van der Waals surface area contributed by atoms with Gasteiger partial charge < -0.3 is 5.11 Å². The fraction of sp³-hybridized carbons (Fsp3) is 0.800. The maximum absolute atomic E-state index is 10.8. The normalized spacial score (nSPS) is 23.6. The Morgan fingerprint density at radius 1 is 1.55 bits per heavy atom. The fourth-order valence-electron chi connectivity index (χ4n) is 0.991. The Bertz CT molecular complexity index is 258. The van der Waals surface area contributed by atoms with E-state index in [1.165, 1.54) is 4.90 Å². The number of sulfone groups is 1. The number of carboxylic acid groups (broad SMARTS) is 1. The zero-order valence-corrected chi connectivity index (χ0v) is 6.67. The lowest BCUT2D eigenvalue weighted by Crippen LogP contribution is -2.27. The van der Waals surface area contributed by atoms with Gasteiger partial charge in [-0.3, -0.25) is 9.69 Å². The van der Waals surface area contributed by atoms with Crippen LogP contribution in [0.4, 0.5) is 0 Å². The van der Waals surface area contributed by atoms with Crippen molar-refractivity contribution in [2.75, 3.05) is 24.7 Å². The van der Waals surface area contributed by atoms with Crippen molar-refractivity contribution in [1.29, 1.82) is 0 Å². The third kappa shape index (κ3) is 2.47. The summed E-state index contributed by atoms with van der Waals surface area (Å²) in [6.07, 6.45) is 0. The van der Waals surface area contributed by atoms with E-state index in [2.05, 4.69) is 0 Å². The van der Waals surface area contributed by atoms with Crippen LogP contribution in [0, 0.1) is 0 Å².